The second-order valence-electron chi connectivity index (χ2n) is 0. The van der Waals surface area contributed by atoms with E-state index in [1.165, 1.54) is 0 Å². The molecule has 0 aromatic rings. The predicted molar refractivity (Wildman–Crippen MR) is 12.9 cm³/mol. The van der Waals surface area contributed by atoms with Crippen molar-refractivity contribution in [3.8, 4) is 0 Å². The Morgan fingerprint density at radius 1 is 0.800 bits per heavy atom. The van der Waals surface area contributed by atoms with Crippen LogP contribution in [-0.2, 0) is 37.2 Å². The van der Waals surface area contributed by atoms with Crippen LogP contribution in [0.3, 0.4) is 0 Å². The summed E-state index contributed by atoms with van der Waals surface area (Å²) < 4.78 is 0. The van der Waals surface area contributed by atoms with Gasteiger partial charge < -0.3 is 11.0 Å². The SMILES string of the molecule is [Al+3].[O-2].[O-2].[Si+4].[Zr+4]. The van der Waals surface area contributed by atoms with Gasteiger partial charge >= 0.3 is 54.5 Å². The van der Waals surface area contributed by atoms with Gasteiger partial charge in [-0.1, -0.05) is 0 Å². The van der Waals surface area contributed by atoms with Crippen molar-refractivity contribution in [2.24, 2.45) is 0 Å². The molecule has 0 heterocycles. The van der Waals surface area contributed by atoms with Crippen molar-refractivity contribution in [2.45, 2.75) is 0 Å². The smallest absolute Gasteiger partial charge is 2.00 e. The fourth-order valence-corrected chi connectivity index (χ4v) is 0. The molecule has 0 spiro atoms. The summed E-state index contributed by atoms with van der Waals surface area (Å²) in [7, 11) is 0. The van der Waals surface area contributed by atoms with Gasteiger partial charge in [0.05, 0.1) is 0 Å². The maximum atomic E-state index is 0. The minimum absolute atomic E-state index is 0. The van der Waals surface area contributed by atoms with Gasteiger partial charge in [-0.3, -0.25) is 0 Å². The summed E-state index contributed by atoms with van der Waals surface area (Å²) >= 11 is 0. The van der Waals surface area contributed by atoms with E-state index in [2.05, 4.69) is 0 Å². The van der Waals surface area contributed by atoms with Gasteiger partial charge in [0.15, 0.2) is 0 Å². The quantitative estimate of drug-likeness (QED) is 0.427. The van der Waals surface area contributed by atoms with Crippen LogP contribution in [-0.4, -0.2) is 28.3 Å². The third-order valence-electron chi connectivity index (χ3n) is 0. The summed E-state index contributed by atoms with van der Waals surface area (Å²) in [5.41, 5.74) is 0. The van der Waals surface area contributed by atoms with Crippen LogP contribution in [0.15, 0.2) is 0 Å². The largest absolute Gasteiger partial charge is 4.00 e. The van der Waals surface area contributed by atoms with Crippen molar-refractivity contribution >= 4 is 28.3 Å². The van der Waals surface area contributed by atoms with E-state index in [4.69, 9.17) is 0 Å². The third kappa shape index (κ3) is 29.1. The summed E-state index contributed by atoms with van der Waals surface area (Å²) in [6.45, 7) is 0. The summed E-state index contributed by atoms with van der Waals surface area (Å²) in [6, 6.07) is 0. The van der Waals surface area contributed by atoms with Gasteiger partial charge in [-0.2, -0.15) is 0 Å². The zero-order valence-electron chi connectivity index (χ0n) is 2.39. The minimum atomic E-state index is 0. The van der Waals surface area contributed by atoms with E-state index in [0.717, 1.165) is 0 Å². The molecule has 0 unspecified atom stereocenters. The second kappa shape index (κ2) is 47.7. The van der Waals surface area contributed by atoms with Crippen molar-refractivity contribution in [3.63, 3.8) is 0 Å². The van der Waals surface area contributed by atoms with E-state index in [1.54, 1.807) is 0 Å². The molecule has 0 rings (SSSR count). The number of hydrogen-bond acceptors (Lipinski definition) is 0. The number of rotatable bonds is 0. The van der Waals surface area contributed by atoms with Crippen molar-refractivity contribution in [1.82, 2.24) is 0 Å². The molecule has 2 nitrogen and oxygen atoms in total. The van der Waals surface area contributed by atoms with Crippen LogP contribution in [0.4, 0.5) is 0 Å². The van der Waals surface area contributed by atoms with Crippen LogP contribution < -0.4 is 0 Å². The second-order valence-corrected chi connectivity index (χ2v) is 0. The first-order chi connectivity index (χ1) is 0. The standard InChI is InChI=1S/Al.2O.Si.Zr/q+3;2*-2;2*+4. The molecular formula is AlO2SiZr+7. The number of hydrogen-bond donors (Lipinski definition) is 0. The first-order valence-corrected chi connectivity index (χ1v) is 0. The van der Waals surface area contributed by atoms with E-state index in [1.807, 2.05) is 0 Å². The molecule has 0 radical (unpaired) electrons. The summed E-state index contributed by atoms with van der Waals surface area (Å²) in [4.78, 5) is 0. The Balaban J connectivity index is 0. The molecule has 5 heavy (non-hydrogen) atoms. The Hall–Kier alpha value is 1.55. The minimum Gasteiger partial charge on any atom is -2.00 e. The topological polar surface area (TPSA) is 57.0 Å². The van der Waals surface area contributed by atoms with Crippen molar-refractivity contribution < 1.29 is 37.2 Å². The van der Waals surface area contributed by atoms with E-state index in [0.29, 0.717) is 0 Å². The van der Waals surface area contributed by atoms with Crippen LogP contribution in [0.25, 0.3) is 0 Å². The molecule has 0 amide bonds. The molecule has 0 aliphatic rings. The molecule has 0 bridgehead atoms. The van der Waals surface area contributed by atoms with E-state index < -0.39 is 0 Å². The van der Waals surface area contributed by atoms with Crippen molar-refractivity contribution in [3.05, 3.63) is 0 Å². The monoisotopic (exact) mass is 177 g/mol. The first-order valence-electron chi connectivity index (χ1n) is 0. The maximum absolute atomic E-state index is 0. The van der Waals surface area contributed by atoms with Crippen LogP contribution in [0.2, 0.25) is 0 Å². The Labute approximate surface area is 65.2 Å². The summed E-state index contributed by atoms with van der Waals surface area (Å²) in [5, 5.41) is 0. The predicted octanol–water partition coefficient (Wildman–Crippen LogP) is -1.00. The van der Waals surface area contributed by atoms with Crippen LogP contribution in [0.5, 0.6) is 0 Å². The normalized spacial score (nSPS) is 0. The Morgan fingerprint density at radius 2 is 0.800 bits per heavy atom. The van der Waals surface area contributed by atoms with Gasteiger partial charge in [-0.25, -0.2) is 0 Å². The molecule has 5 heteroatoms. The molecule has 0 aromatic heterocycles. The van der Waals surface area contributed by atoms with Crippen molar-refractivity contribution in [2.75, 3.05) is 0 Å². The molecule has 0 aliphatic heterocycles. The fourth-order valence-electron chi connectivity index (χ4n) is 0. The molecule has 0 saturated carbocycles. The van der Waals surface area contributed by atoms with Crippen LogP contribution in [0.1, 0.15) is 0 Å². The van der Waals surface area contributed by atoms with E-state index >= 15 is 0 Å². The van der Waals surface area contributed by atoms with Gasteiger partial charge in [-0.05, 0) is 0 Å². The van der Waals surface area contributed by atoms with Crippen LogP contribution >= 0.6 is 0 Å². The molecule has 0 fully saturated rings. The maximum Gasteiger partial charge on any atom is 4.00 e. The van der Waals surface area contributed by atoms with Crippen molar-refractivity contribution in [1.29, 1.82) is 0 Å². The Morgan fingerprint density at radius 3 is 0.800 bits per heavy atom. The van der Waals surface area contributed by atoms with E-state index in [-0.39, 0.29) is 65.5 Å². The average Bonchev–Trinajstić information content (AvgIpc) is 0. The fraction of sp³-hybridized carbons (Fsp3) is 0. The van der Waals surface area contributed by atoms with E-state index in [9.17, 15) is 0 Å². The van der Waals surface area contributed by atoms with Crippen LogP contribution in [0, 0.1) is 0 Å². The first kappa shape index (κ1) is 83.8. The molecule has 16 valence electrons. The van der Waals surface area contributed by atoms with Gasteiger partial charge in [0.25, 0.3) is 0 Å². The molecular weight excluding hydrogens is 178 g/mol. The molecule has 0 aromatic carbocycles. The third-order valence-corrected chi connectivity index (χ3v) is 0. The van der Waals surface area contributed by atoms with Gasteiger partial charge in [0, 0.05) is 0 Å². The average molecular weight is 178 g/mol. The zero-order chi connectivity index (χ0) is 0. The molecule has 0 N–H and O–H groups in total. The molecule has 0 aliphatic carbocycles. The molecule has 0 saturated heterocycles. The van der Waals surface area contributed by atoms with Gasteiger partial charge in [-0.15, -0.1) is 0 Å². The van der Waals surface area contributed by atoms with Gasteiger partial charge in [0.1, 0.15) is 0 Å². The Bertz CT molecular complexity index is 9.61. The summed E-state index contributed by atoms with van der Waals surface area (Å²) in [5.74, 6) is 0. The molecule has 0 atom stereocenters. The summed E-state index contributed by atoms with van der Waals surface area (Å²) in [6.07, 6.45) is 0. The van der Waals surface area contributed by atoms with Gasteiger partial charge in [0.2, 0.25) is 0 Å². The Kier molecular flexibility index (Phi) is 800. The zero-order valence-corrected chi connectivity index (χ0v) is 7.01.